The highest BCUT2D eigenvalue weighted by Gasteiger charge is 2.38. The van der Waals surface area contributed by atoms with E-state index in [9.17, 15) is 9.59 Å². The summed E-state index contributed by atoms with van der Waals surface area (Å²) in [4.78, 5) is 25.1. The summed E-state index contributed by atoms with van der Waals surface area (Å²) in [5.41, 5.74) is 0. The van der Waals surface area contributed by atoms with Crippen LogP contribution in [0, 0.1) is 0 Å². The molecule has 2 heterocycles. The number of furan rings is 2. The van der Waals surface area contributed by atoms with E-state index in [1.54, 1.807) is 17.2 Å². The highest BCUT2D eigenvalue weighted by molar-refractivity contribution is 5.94. The SMILES string of the molecule is CC(c1ccco1)N(C(=O)c1ccc(C(=O)O)o1)C1CC1. The zero-order valence-electron chi connectivity index (χ0n) is 11.5. The Labute approximate surface area is 121 Å². The second kappa shape index (κ2) is 5.12. The van der Waals surface area contributed by atoms with Crippen molar-refractivity contribution < 1.29 is 23.5 Å². The largest absolute Gasteiger partial charge is 0.475 e. The number of nitrogens with zero attached hydrogens (tertiary/aromatic N) is 1. The first-order valence-electron chi connectivity index (χ1n) is 6.77. The van der Waals surface area contributed by atoms with Gasteiger partial charge in [-0.1, -0.05) is 0 Å². The minimum absolute atomic E-state index is 0.0395. The predicted octanol–water partition coefficient (Wildman–Crippen LogP) is 2.94. The summed E-state index contributed by atoms with van der Waals surface area (Å²) < 4.78 is 10.5. The molecule has 1 aliphatic carbocycles. The number of carbonyl (C=O) groups excluding carboxylic acids is 1. The van der Waals surface area contributed by atoms with Crippen LogP contribution in [0.25, 0.3) is 0 Å². The Kier molecular flexibility index (Phi) is 3.29. The van der Waals surface area contributed by atoms with E-state index in [1.165, 1.54) is 12.1 Å². The fraction of sp³-hybridized carbons (Fsp3) is 0.333. The highest BCUT2D eigenvalue weighted by atomic mass is 16.4. The molecule has 1 amide bonds. The number of carbonyl (C=O) groups is 2. The second-order valence-corrected chi connectivity index (χ2v) is 5.10. The number of aromatic carboxylic acids is 1. The minimum atomic E-state index is -1.19. The first-order valence-corrected chi connectivity index (χ1v) is 6.77. The Hall–Kier alpha value is -2.50. The lowest BCUT2D eigenvalue weighted by Crippen LogP contribution is -2.35. The van der Waals surface area contributed by atoms with Gasteiger partial charge in [0.1, 0.15) is 5.76 Å². The standard InChI is InChI=1S/C15H15NO5/c1-9(11-3-2-8-20-11)16(10-4-5-10)14(17)12-6-7-13(21-12)15(18)19/h2-3,6-10H,4-5H2,1H3,(H,18,19). The maximum Gasteiger partial charge on any atom is 0.371 e. The molecule has 1 unspecified atom stereocenters. The van der Waals surface area contributed by atoms with Crippen LogP contribution in [-0.2, 0) is 0 Å². The Morgan fingerprint density at radius 3 is 2.52 bits per heavy atom. The Balaban J connectivity index is 1.86. The van der Waals surface area contributed by atoms with E-state index in [1.807, 2.05) is 13.0 Å². The average Bonchev–Trinajstić information content (AvgIpc) is 3.00. The molecule has 110 valence electrons. The minimum Gasteiger partial charge on any atom is -0.475 e. The van der Waals surface area contributed by atoms with Crippen LogP contribution in [0.5, 0.6) is 0 Å². The van der Waals surface area contributed by atoms with Crippen LogP contribution in [0.3, 0.4) is 0 Å². The monoisotopic (exact) mass is 289 g/mol. The second-order valence-electron chi connectivity index (χ2n) is 5.10. The van der Waals surface area contributed by atoms with Crippen molar-refractivity contribution in [1.29, 1.82) is 0 Å². The van der Waals surface area contributed by atoms with Crippen molar-refractivity contribution >= 4 is 11.9 Å². The van der Waals surface area contributed by atoms with Crippen molar-refractivity contribution in [2.45, 2.75) is 31.8 Å². The van der Waals surface area contributed by atoms with E-state index >= 15 is 0 Å². The highest BCUT2D eigenvalue weighted by Crippen LogP contribution is 2.35. The van der Waals surface area contributed by atoms with Gasteiger partial charge in [0.25, 0.3) is 5.91 Å². The molecule has 0 radical (unpaired) electrons. The zero-order chi connectivity index (χ0) is 15.0. The number of carboxylic acid groups (broad SMARTS) is 1. The van der Waals surface area contributed by atoms with Gasteiger partial charge in [0.15, 0.2) is 5.76 Å². The van der Waals surface area contributed by atoms with E-state index in [4.69, 9.17) is 13.9 Å². The number of hydrogen-bond donors (Lipinski definition) is 1. The predicted molar refractivity (Wildman–Crippen MR) is 72.0 cm³/mol. The van der Waals surface area contributed by atoms with Gasteiger partial charge in [-0.3, -0.25) is 4.79 Å². The lowest BCUT2D eigenvalue weighted by molar-refractivity contribution is 0.0603. The van der Waals surface area contributed by atoms with Crippen LogP contribution < -0.4 is 0 Å². The van der Waals surface area contributed by atoms with E-state index in [2.05, 4.69) is 0 Å². The van der Waals surface area contributed by atoms with Gasteiger partial charge in [0.2, 0.25) is 5.76 Å². The average molecular weight is 289 g/mol. The van der Waals surface area contributed by atoms with Crippen LogP contribution >= 0.6 is 0 Å². The molecule has 0 bridgehead atoms. The number of hydrogen-bond acceptors (Lipinski definition) is 4. The topological polar surface area (TPSA) is 83.9 Å². The van der Waals surface area contributed by atoms with Crippen molar-refractivity contribution in [3.8, 4) is 0 Å². The van der Waals surface area contributed by atoms with Crippen LogP contribution in [0.4, 0.5) is 0 Å². The zero-order valence-corrected chi connectivity index (χ0v) is 11.5. The molecule has 1 saturated carbocycles. The molecule has 0 aromatic carbocycles. The first-order chi connectivity index (χ1) is 10.1. The quantitative estimate of drug-likeness (QED) is 0.914. The van der Waals surface area contributed by atoms with Gasteiger partial charge in [0, 0.05) is 6.04 Å². The maximum atomic E-state index is 12.6. The molecule has 3 rings (SSSR count). The van der Waals surface area contributed by atoms with Crippen LogP contribution in [0.15, 0.2) is 39.4 Å². The summed E-state index contributed by atoms with van der Waals surface area (Å²) in [5, 5.41) is 8.87. The molecular formula is C15H15NO5. The van der Waals surface area contributed by atoms with Gasteiger partial charge in [-0.15, -0.1) is 0 Å². The molecule has 0 spiro atoms. The summed E-state index contributed by atoms with van der Waals surface area (Å²) in [6.07, 6.45) is 3.43. The van der Waals surface area contributed by atoms with Crippen molar-refractivity contribution in [2.24, 2.45) is 0 Å². The molecular weight excluding hydrogens is 274 g/mol. The van der Waals surface area contributed by atoms with E-state index in [-0.39, 0.29) is 29.5 Å². The van der Waals surface area contributed by atoms with Crippen molar-refractivity contribution in [1.82, 2.24) is 4.90 Å². The van der Waals surface area contributed by atoms with Crippen LogP contribution in [0.2, 0.25) is 0 Å². The summed E-state index contributed by atoms with van der Waals surface area (Å²) in [5.74, 6) is -1.00. The van der Waals surface area contributed by atoms with E-state index in [0.29, 0.717) is 5.76 Å². The molecule has 1 aliphatic rings. The summed E-state index contributed by atoms with van der Waals surface area (Å²) >= 11 is 0. The number of rotatable bonds is 5. The van der Waals surface area contributed by atoms with Gasteiger partial charge >= 0.3 is 5.97 Å². The van der Waals surface area contributed by atoms with Crippen molar-refractivity contribution in [2.75, 3.05) is 0 Å². The van der Waals surface area contributed by atoms with Crippen molar-refractivity contribution in [3.63, 3.8) is 0 Å². The van der Waals surface area contributed by atoms with Crippen LogP contribution in [-0.4, -0.2) is 27.9 Å². The lowest BCUT2D eigenvalue weighted by Gasteiger charge is -2.27. The lowest BCUT2D eigenvalue weighted by atomic mass is 10.2. The number of carboxylic acids is 1. The first kappa shape index (κ1) is 13.5. The summed E-state index contributed by atoms with van der Waals surface area (Å²) in [7, 11) is 0. The summed E-state index contributed by atoms with van der Waals surface area (Å²) in [6, 6.07) is 6.21. The molecule has 1 atom stereocenters. The van der Waals surface area contributed by atoms with Gasteiger partial charge in [-0.2, -0.15) is 0 Å². The molecule has 6 nitrogen and oxygen atoms in total. The van der Waals surface area contributed by atoms with Crippen LogP contribution in [0.1, 0.15) is 52.7 Å². The Morgan fingerprint density at radius 1 is 1.29 bits per heavy atom. The maximum absolute atomic E-state index is 12.6. The smallest absolute Gasteiger partial charge is 0.371 e. The van der Waals surface area contributed by atoms with Gasteiger partial charge < -0.3 is 18.8 Å². The normalized spacial score (nSPS) is 15.7. The van der Waals surface area contributed by atoms with E-state index < -0.39 is 5.97 Å². The molecule has 0 aliphatic heterocycles. The molecule has 6 heteroatoms. The Bertz CT molecular complexity index is 653. The van der Waals surface area contributed by atoms with Gasteiger partial charge in [-0.25, -0.2) is 4.79 Å². The molecule has 1 N–H and O–H groups in total. The third-order valence-electron chi connectivity index (χ3n) is 3.57. The third kappa shape index (κ3) is 2.56. The Morgan fingerprint density at radius 2 is 2.00 bits per heavy atom. The van der Waals surface area contributed by atoms with Crippen molar-refractivity contribution in [3.05, 3.63) is 47.8 Å². The fourth-order valence-electron chi connectivity index (χ4n) is 2.37. The number of amides is 1. The molecule has 21 heavy (non-hydrogen) atoms. The molecule has 1 fully saturated rings. The third-order valence-corrected chi connectivity index (χ3v) is 3.57. The van der Waals surface area contributed by atoms with Gasteiger partial charge in [-0.05, 0) is 44.0 Å². The fourth-order valence-corrected chi connectivity index (χ4v) is 2.37. The van der Waals surface area contributed by atoms with E-state index in [0.717, 1.165) is 12.8 Å². The summed E-state index contributed by atoms with van der Waals surface area (Å²) in [6.45, 7) is 1.89. The molecule has 0 saturated heterocycles. The molecule has 2 aromatic heterocycles. The molecule has 2 aromatic rings. The van der Waals surface area contributed by atoms with Gasteiger partial charge in [0.05, 0.1) is 12.3 Å².